The highest BCUT2D eigenvalue weighted by atomic mass is 35.5. The van der Waals surface area contributed by atoms with Gasteiger partial charge >= 0.3 is 0 Å². The third kappa shape index (κ3) is 2.54. The van der Waals surface area contributed by atoms with Crippen molar-refractivity contribution in [2.45, 2.75) is 18.9 Å². The first-order valence-corrected chi connectivity index (χ1v) is 7.34. The summed E-state index contributed by atoms with van der Waals surface area (Å²) in [7, 11) is 1.97. The topological polar surface area (TPSA) is 21.3 Å². The van der Waals surface area contributed by atoms with Gasteiger partial charge in [0.15, 0.2) is 0 Å². The summed E-state index contributed by atoms with van der Waals surface area (Å²) in [5.74, 6) is 1.04. The van der Waals surface area contributed by atoms with Crippen LogP contribution in [0.2, 0.25) is 5.02 Å². The van der Waals surface area contributed by atoms with Crippen LogP contribution in [-0.4, -0.2) is 13.7 Å². The third-order valence-corrected chi connectivity index (χ3v) is 3.98. The summed E-state index contributed by atoms with van der Waals surface area (Å²) in [4.78, 5) is 0. The van der Waals surface area contributed by atoms with Crippen molar-refractivity contribution in [3.8, 4) is 5.75 Å². The molecule has 20 heavy (non-hydrogen) atoms. The molecule has 0 aromatic heterocycles. The molecule has 0 amide bonds. The first-order chi connectivity index (χ1) is 9.79. The summed E-state index contributed by atoms with van der Waals surface area (Å²) in [6, 6.07) is 14.5. The number of benzene rings is 2. The van der Waals surface area contributed by atoms with Crippen molar-refractivity contribution in [1.82, 2.24) is 5.32 Å². The summed E-state index contributed by atoms with van der Waals surface area (Å²) < 4.78 is 5.92. The molecule has 1 aliphatic heterocycles. The molecule has 1 atom stereocenters. The number of hydrogen-bond acceptors (Lipinski definition) is 2. The van der Waals surface area contributed by atoms with E-state index in [0.29, 0.717) is 0 Å². The average molecular weight is 288 g/mol. The van der Waals surface area contributed by atoms with Gasteiger partial charge in [-0.05, 0) is 43.1 Å². The second-order valence-corrected chi connectivity index (χ2v) is 5.50. The Kier molecular flexibility index (Phi) is 3.95. The molecule has 2 nitrogen and oxygen atoms in total. The van der Waals surface area contributed by atoms with Crippen molar-refractivity contribution < 1.29 is 4.74 Å². The molecule has 0 fully saturated rings. The first kappa shape index (κ1) is 13.5. The van der Waals surface area contributed by atoms with Crippen LogP contribution in [0, 0.1) is 0 Å². The molecule has 0 saturated heterocycles. The van der Waals surface area contributed by atoms with E-state index >= 15 is 0 Å². The van der Waals surface area contributed by atoms with Gasteiger partial charge in [0.05, 0.1) is 12.6 Å². The van der Waals surface area contributed by atoms with E-state index in [-0.39, 0.29) is 6.04 Å². The lowest BCUT2D eigenvalue weighted by Crippen LogP contribution is -2.20. The fourth-order valence-electron chi connectivity index (χ4n) is 2.83. The van der Waals surface area contributed by atoms with Crippen LogP contribution in [0.1, 0.15) is 29.2 Å². The molecular weight excluding hydrogens is 270 g/mol. The van der Waals surface area contributed by atoms with Gasteiger partial charge in [-0.25, -0.2) is 0 Å². The fraction of sp³-hybridized carbons (Fsp3) is 0.294. The molecule has 2 aromatic carbocycles. The molecule has 0 bridgehead atoms. The van der Waals surface area contributed by atoms with Gasteiger partial charge in [0.2, 0.25) is 0 Å². The highest BCUT2D eigenvalue weighted by Crippen LogP contribution is 2.35. The van der Waals surface area contributed by atoms with Gasteiger partial charge in [-0.15, -0.1) is 0 Å². The molecule has 1 aliphatic rings. The van der Waals surface area contributed by atoms with Crippen LogP contribution in [0.4, 0.5) is 0 Å². The van der Waals surface area contributed by atoms with Crippen LogP contribution in [-0.2, 0) is 6.42 Å². The smallest absolute Gasteiger partial charge is 0.127 e. The van der Waals surface area contributed by atoms with E-state index in [1.807, 2.05) is 25.2 Å². The molecule has 0 radical (unpaired) electrons. The summed E-state index contributed by atoms with van der Waals surface area (Å²) >= 11 is 6.12. The van der Waals surface area contributed by atoms with Crippen LogP contribution in [0.25, 0.3) is 0 Å². The maximum Gasteiger partial charge on any atom is 0.127 e. The number of ether oxygens (including phenoxy) is 1. The summed E-state index contributed by atoms with van der Waals surface area (Å²) in [6.07, 6.45) is 2.19. The van der Waals surface area contributed by atoms with Gasteiger partial charge in [0.1, 0.15) is 5.75 Å². The van der Waals surface area contributed by atoms with Gasteiger partial charge in [-0.2, -0.15) is 0 Å². The molecule has 1 N–H and O–H groups in total. The van der Waals surface area contributed by atoms with Gasteiger partial charge in [-0.1, -0.05) is 41.9 Å². The van der Waals surface area contributed by atoms with E-state index in [0.717, 1.165) is 35.8 Å². The van der Waals surface area contributed by atoms with Crippen LogP contribution in [0.15, 0.2) is 42.5 Å². The number of nitrogens with one attached hydrogen (secondary N) is 1. The highest BCUT2D eigenvalue weighted by Gasteiger charge is 2.21. The van der Waals surface area contributed by atoms with E-state index in [2.05, 4.69) is 29.6 Å². The minimum Gasteiger partial charge on any atom is -0.493 e. The van der Waals surface area contributed by atoms with E-state index in [1.54, 1.807) is 0 Å². The molecule has 0 saturated carbocycles. The summed E-state index contributed by atoms with van der Waals surface area (Å²) in [5, 5.41) is 4.13. The summed E-state index contributed by atoms with van der Waals surface area (Å²) in [6.45, 7) is 0.802. The molecule has 1 heterocycles. The van der Waals surface area contributed by atoms with E-state index < -0.39 is 0 Å². The lowest BCUT2D eigenvalue weighted by atomic mass is 9.94. The first-order valence-electron chi connectivity index (χ1n) is 6.97. The third-order valence-electron chi connectivity index (χ3n) is 3.75. The minimum atomic E-state index is 0.0988. The quantitative estimate of drug-likeness (QED) is 0.922. The zero-order valence-corrected chi connectivity index (χ0v) is 12.3. The van der Waals surface area contributed by atoms with Crippen molar-refractivity contribution >= 4 is 11.6 Å². The highest BCUT2D eigenvalue weighted by molar-refractivity contribution is 6.30. The molecule has 3 rings (SSSR count). The minimum absolute atomic E-state index is 0.0988. The standard InChI is InChI=1S/C17H18ClNO/c1-19-16(13-6-2-8-14(18)11-13)15-9-3-5-12-7-4-10-20-17(12)15/h2-3,5-6,8-9,11,16,19H,4,7,10H2,1H3. The SMILES string of the molecule is CNC(c1cccc(Cl)c1)c1cccc2c1OCCC2. The molecular formula is C17H18ClNO. The van der Waals surface area contributed by atoms with Crippen LogP contribution in [0.5, 0.6) is 5.75 Å². The lowest BCUT2D eigenvalue weighted by molar-refractivity contribution is 0.283. The van der Waals surface area contributed by atoms with Gasteiger partial charge in [0, 0.05) is 10.6 Å². The Morgan fingerprint density at radius 1 is 1.20 bits per heavy atom. The molecule has 0 spiro atoms. The second kappa shape index (κ2) is 5.86. The Hall–Kier alpha value is -1.51. The Labute approximate surface area is 124 Å². The largest absolute Gasteiger partial charge is 0.493 e. The lowest BCUT2D eigenvalue weighted by Gasteiger charge is -2.25. The number of fused-ring (bicyclic) bond motifs is 1. The predicted octanol–water partition coefficient (Wildman–Crippen LogP) is 3.97. The number of rotatable bonds is 3. The zero-order chi connectivity index (χ0) is 13.9. The fourth-order valence-corrected chi connectivity index (χ4v) is 3.03. The predicted molar refractivity (Wildman–Crippen MR) is 82.6 cm³/mol. The van der Waals surface area contributed by atoms with Crippen molar-refractivity contribution in [1.29, 1.82) is 0 Å². The van der Waals surface area contributed by atoms with E-state index in [1.165, 1.54) is 11.1 Å². The van der Waals surface area contributed by atoms with Crippen molar-refractivity contribution in [3.05, 3.63) is 64.2 Å². The van der Waals surface area contributed by atoms with Gasteiger partial charge in [0.25, 0.3) is 0 Å². The molecule has 2 aromatic rings. The van der Waals surface area contributed by atoms with Crippen LogP contribution >= 0.6 is 11.6 Å². The number of para-hydroxylation sites is 1. The molecule has 104 valence electrons. The van der Waals surface area contributed by atoms with Gasteiger partial charge < -0.3 is 10.1 Å². The van der Waals surface area contributed by atoms with Crippen molar-refractivity contribution in [2.24, 2.45) is 0 Å². The molecule has 0 aliphatic carbocycles. The Morgan fingerprint density at radius 3 is 2.85 bits per heavy atom. The molecule has 3 heteroatoms. The number of aryl methyl sites for hydroxylation is 1. The Morgan fingerprint density at radius 2 is 2.05 bits per heavy atom. The molecule has 1 unspecified atom stereocenters. The Balaban J connectivity index is 2.06. The average Bonchev–Trinajstić information content (AvgIpc) is 2.48. The van der Waals surface area contributed by atoms with E-state index in [9.17, 15) is 0 Å². The Bertz CT molecular complexity index is 612. The second-order valence-electron chi connectivity index (χ2n) is 5.06. The monoisotopic (exact) mass is 287 g/mol. The van der Waals surface area contributed by atoms with Crippen LogP contribution < -0.4 is 10.1 Å². The number of halogens is 1. The normalized spacial score (nSPS) is 15.3. The summed E-state index contributed by atoms with van der Waals surface area (Å²) in [5.41, 5.74) is 3.64. The number of hydrogen-bond donors (Lipinski definition) is 1. The maximum atomic E-state index is 6.12. The maximum absolute atomic E-state index is 6.12. The van der Waals surface area contributed by atoms with Crippen molar-refractivity contribution in [2.75, 3.05) is 13.7 Å². The van der Waals surface area contributed by atoms with E-state index in [4.69, 9.17) is 16.3 Å². The zero-order valence-electron chi connectivity index (χ0n) is 11.5. The van der Waals surface area contributed by atoms with Crippen LogP contribution in [0.3, 0.4) is 0 Å². The van der Waals surface area contributed by atoms with Crippen molar-refractivity contribution in [3.63, 3.8) is 0 Å². The van der Waals surface area contributed by atoms with Gasteiger partial charge in [-0.3, -0.25) is 0 Å².